The molecular formula is C16H25BrClFN2. The number of nitrogens with one attached hydrogen (secondary N) is 1. The Kier molecular flexibility index (Phi) is 8.79. The van der Waals surface area contributed by atoms with Gasteiger partial charge in [-0.05, 0) is 30.2 Å². The van der Waals surface area contributed by atoms with E-state index in [0.29, 0.717) is 6.04 Å². The molecule has 0 aromatic heterocycles. The smallest absolute Gasteiger partial charge is 0.124 e. The molecule has 0 unspecified atom stereocenters. The first-order valence-electron chi connectivity index (χ1n) is 7.61. The highest BCUT2D eigenvalue weighted by molar-refractivity contribution is 9.10. The van der Waals surface area contributed by atoms with E-state index in [4.69, 9.17) is 0 Å². The third-order valence-electron chi connectivity index (χ3n) is 3.94. The zero-order valence-electron chi connectivity index (χ0n) is 12.6. The molecule has 1 fully saturated rings. The highest BCUT2D eigenvalue weighted by atomic mass is 79.9. The van der Waals surface area contributed by atoms with Crippen molar-refractivity contribution in [2.24, 2.45) is 0 Å². The van der Waals surface area contributed by atoms with Crippen LogP contribution in [0.4, 0.5) is 4.39 Å². The molecule has 0 aliphatic carbocycles. The fraction of sp³-hybridized carbons (Fsp3) is 0.625. The van der Waals surface area contributed by atoms with Crippen LogP contribution in [0.2, 0.25) is 0 Å². The van der Waals surface area contributed by atoms with Gasteiger partial charge in [-0.3, -0.25) is 4.90 Å². The molecule has 0 amide bonds. The van der Waals surface area contributed by atoms with E-state index in [9.17, 15) is 4.39 Å². The van der Waals surface area contributed by atoms with Crippen molar-refractivity contribution in [3.05, 3.63) is 34.1 Å². The lowest BCUT2D eigenvalue weighted by atomic mass is 9.98. The van der Waals surface area contributed by atoms with Gasteiger partial charge in [0.05, 0.1) is 0 Å². The van der Waals surface area contributed by atoms with Crippen LogP contribution in [0.1, 0.15) is 44.2 Å². The van der Waals surface area contributed by atoms with Gasteiger partial charge in [-0.1, -0.05) is 42.1 Å². The van der Waals surface area contributed by atoms with Crippen LogP contribution in [0.25, 0.3) is 0 Å². The minimum atomic E-state index is -0.148. The van der Waals surface area contributed by atoms with E-state index in [0.717, 1.165) is 42.6 Å². The van der Waals surface area contributed by atoms with Crippen LogP contribution >= 0.6 is 28.3 Å². The Morgan fingerprint density at radius 1 is 1.24 bits per heavy atom. The lowest BCUT2D eigenvalue weighted by Gasteiger charge is -2.35. The summed E-state index contributed by atoms with van der Waals surface area (Å²) in [7, 11) is 0. The van der Waals surface area contributed by atoms with Gasteiger partial charge in [0.1, 0.15) is 5.82 Å². The van der Waals surface area contributed by atoms with Gasteiger partial charge in [0.15, 0.2) is 0 Å². The van der Waals surface area contributed by atoms with E-state index in [1.54, 1.807) is 6.07 Å². The SMILES string of the molecule is CCCCC[C@H](c1cc(F)cc(Br)c1)N1CCNCC1.Cl. The van der Waals surface area contributed by atoms with E-state index in [1.807, 2.05) is 0 Å². The minimum Gasteiger partial charge on any atom is -0.314 e. The number of rotatable bonds is 6. The van der Waals surface area contributed by atoms with E-state index in [2.05, 4.69) is 39.1 Å². The first-order chi connectivity index (χ1) is 9.70. The first kappa shape index (κ1) is 18.9. The second-order valence-corrected chi connectivity index (χ2v) is 6.42. The number of hydrogen-bond acceptors (Lipinski definition) is 2. The molecule has 5 heteroatoms. The molecule has 1 saturated heterocycles. The van der Waals surface area contributed by atoms with Crippen molar-refractivity contribution in [3.63, 3.8) is 0 Å². The molecule has 1 aromatic carbocycles. The van der Waals surface area contributed by atoms with Crippen LogP contribution < -0.4 is 5.32 Å². The monoisotopic (exact) mass is 378 g/mol. The van der Waals surface area contributed by atoms with Gasteiger partial charge in [0.2, 0.25) is 0 Å². The Morgan fingerprint density at radius 2 is 1.95 bits per heavy atom. The van der Waals surface area contributed by atoms with Gasteiger partial charge in [-0.2, -0.15) is 0 Å². The maximum absolute atomic E-state index is 13.7. The summed E-state index contributed by atoms with van der Waals surface area (Å²) in [5.41, 5.74) is 1.11. The average molecular weight is 380 g/mol. The van der Waals surface area contributed by atoms with E-state index in [-0.39, 0.29) is 18.2 Å². The summed E-state index contributed by atoms with van der Waals surface area (Å²) in [6.07, 6.45) is 4.79. The average Bonchev–Trinajstić information content (AvgIpc) is 2.43. The summed E-state index contributed by atoms with van der Waals surface area (Å²) >= 11 is 3.42. The second-order valence-electron chi connectivity index (χ2n) is 5.50. The van der Waals surface area contributed by atoms with E-state index >= 15 is 0 Å². The normalized spacial score (nSPS) is 17.3. The highest BCUT2D eigenvalue weighted by Gasteiger charge is 2.22. The second kappa shape index (κ2) is 9.78. The van der Waals surface area contributed by atoms with Crippen LogP contribution in [-0.4, -0.2) is 31.1 Å². The quantitative estimate of drug-likeness (QED) is 0.730. The van der Waals surface area contributed by atoms with Crippen LogP contribution in [0.5, 0.6) is 0 Å². The number of hydrogen-bond donors (Lipinski definition) is 1. The fourth-order valence-corrected chi connectivity index (χ4v) is 3.39. The van der Waals surface area contributed by atoms with Crippen molar-refractivity contribution >= 4 is 28.3 Å². The number of piperazine rings is 1. The molecule has 0 spiro atoms. The Labute approximate surface area is 142 Å². The van der Waals surface area contributed by atoms with Crippen LogP contribution in [0.3, 0.4) is 0 Å². The molecule has 0 saturated carbocycles. The van der Waals surface area contributed by atoms with Gasteiger partial charge >= 0.3 is 0 Å². The van der Waals surface area contributed by atoms with Crippen molar-refractivity contribution in [3.8, 4) is 0 Å². The molecule has 0 bridgehead atoms. The Hall–Kier alpha value is -0.160. The summed E-state index contributed by atoms with van der Waals surface area (Å²) in [6.45, 7) is 6.37. The van der Waals surface area contributed by atoms with Crippen molar-refractivity contribution in [1.29, 1.82) is 0 Å². The summed E-state index contributed by atoms with van der Waals surface area (Å²) in [4.78, 5) is 2.49. The molecule has 1 N–H and O–H groups in total. The van der Waals surface area contributed by atoms with Gasteiger partial charge < -0.3 is 5.32 Å². The van der Waals surface area contributed by atoms with Gasteiger partial charge in [-0.15, -0.1) is 12.4 Å². The number of nitrogens with zero attached hydrogens (tertiary/aromatic N) is 1. The molecular weight excluding hydrogens is 355 g/mol. The lowest BCUT2D eigenvalue weighted by Crippen LogP contribution is -2.45. The lowest BCUT2D eigenvalue weighted by molar-refractivity contribution is 0.162. The number of halogens is 3. The van der Waals surface area contributed by atoms with Crippen molar-refractivity contribution in [2.45, 2.75) is 38.6 Å². The Bertz CT molecular complexity index is 404. The number of unbranched alkanes of at least 4 members (excludes halogenated alkanes) is 2. The molecule has 1 atom stereocenters. The maximum atomic E-state index is 13.7. The molecule has 21 heavy (non-hydrogen) atoms. The van der Waals surface area contributed by atoms with Crippen molar-refractivity contribution < 1.29 is 4.39 Å². The molecule has 0 radical (unpaired) electrons. The van der Waals surface area contributed by atoms with E-state index < -0.39 is 0 Å². The minimum absolute atomic E-state index is 0. The summed E-state index contributed by atoms with van der Waals surface area (Å²) in [5, 5.41) is 3.39. The third-order valence-corrected chi connectivity index (χ3v) is 4.40. The maximum Gasteiger partial charge on any atom is 0.124 e. The highest BCUT2D eigenvalue weighted by Crippen LogP contribution is 2.29. The molecule has 1 aliphatic rings. The van der Waals surface area contributed by atoms with Crippen molar-refractivity contribution in [1.82, 2.24) is 10.2 Å². The van der Waals surface area contributed by atoms with Crippen LogP contribution in [-0.2, 0) is 0 Å². The van der Waals surface area contributed by atoms with Crippen LogP contribution in [0.15, 0.2) is 22.7 Å². The summed E-state index contributed by atoms with van der Waals surface area (Å²) in [6, 6.07) is 5.64. The van der Waals surface area contributed by atoms with Gasteiger partial charge in [0, 0.05) is 36.7 Å². The number of benzene rings is 1. The largest absolute Gasteiger partial charge is 0.314 e. The zero-order chi connectivity index (χ0) is 14.4. The molecule has 2 rings (SSSR count). The topological polar surface area (TPSA) is 15.3 Å². The molecule has 1 heterocycles. The molecule has 120 valence electrons. The Morgan fingerprint density at radius 3 is 2.57 bits per heavy atom. The molecule has 2 nitrogen and oxygen atoms in total. The standard InChI is InChI=1S/C16H24BrFN2.ClH/c1-2-3-4-5-16(20-8-6-19-7-9-20)13-10-14(17)12-15(18)11-13;/h10-12,16,19H,2-9H2,1H3;1H/t16-;/m1./s1. The van der Waals surface area contributed by atoms with Crippen LogP contribution in [0, 0.1) is 5.82 Å². The zero-order valence-corrected chi connectivity index (χ0v) is 15.0. The summed E-state index contributed by atoms with van der Waals surface area (Å²) < 4.78 is 14.5. The molecule has 1 aromatic rings. The van der Waals surface area contributed by atoms with Gasteiger partial charge in [0.25, 0.3) is 0 Å². The first-order valence-corrected chi connectivity index (χ1v) is 8.40. The van der Waals surface area contributed by atoms with Crippen molar-refractivity contribution in [2.75, 3.05) is 26.2 Å². The van der Waals surface area contributed by atoms with E-state index in [1.165, 1.54) is 25.3 Å². The third kappa shape index (κ3) is 5.85. The predicted molar refractivity (Wildman–Crippen MR) is 92.7 cm³/mol. The molecule has 1 aliphatic heterocycles. The fourth-order valence-electron chi connectivity index (χ4n) is 2.91. The predicted octanol–water partition coefficient (Wildman–Crippen LogP) is 4.54. The summed E-state index contributed by atoms with van der Waals surface area (Å²) in [5.74, 6) is -0.148. The Balaban J connectivity index is 0.00000220. The van der Waals surface area contributed by atoms with Gasteiger partial charge in [-0.25, -0.2) is 4.39 Å².